The van der Waals surface area contributed by atoms with E-state index >= 15 is 0 Å². The number of nitrogens with zero attached hydrogens (tertiary/aromatic N) is 3. The summed E-state index contributed by atoms with van der Waals surface area (Å²) in [5, 5.41) is 4.16. The molecule has 0 unspecified atom stereocenters. The van der Waals surface area contributed by atoms with Crippen LogP contribution in [-0.4, -0.2) is 21.5 Å². The molecule has 0 amide bonds. The van der Waals surface area contributed by atoms with Crippen molar-refractivity contribution in [3.8, 4) is 11.5 Å². The Morgan fingerprint density at radius 1 is 1.30 bits per heavy atom. The molecule has 0 radical (unpaired) electrons. The van der Waals surface area contributed by atoms with Crippen LogP contribution >= 0.6 is 39.1 Å². The van der Waals surface area contributed by atoms with Gasteiger partial charge in [0.15, 0.2) is 5.82 Å². The van der Waals surface area contributed by atoms with Crippen LogP contribution in [-0.2, 0) is 0 Å². The summed E-state index contributed by atoms with van der Waals surface area (Å²) < 4.78 is 0.847. The van der Waals surface area contributed by atoms with Gasteiger partial charge in [-0.25, -0.2) is 15.0 Å². The van der Waals surface area contributed by atoms with Crippen LogP contribution in [0.25, 0.3) is 11.5 Å². The Bertz CT molecular complexity index is 634. The first-order chi connectivity index (χ1) is 9.52. The molecular formula is C13H13BrCl2N4. The summed E-state index contributed by atoms with van der Waals surface area (Å²) in [5.41, 5.74) is 1.34. The van der Waals surface area contributed by atoms with Crippen LogP contribution in [0.4, 0.5) is 5.82 Å². The highest BCUT2D eigenvalue weighted by Crippen LogP contribution is 2.30. The van der Waals surface area contributed by atoms with E-state index in [0.29, 0.717) is 21.6 Å². The smallest absolute Gasteiger partial charge is 0.182 e. The molecular weight excluding hydrogens is 363 g/mol. The highest BCUT2D eigenvalue weighted by Gasteiger charge is 2.14. The highest BCUT2D eigenvalue weighted by atomic mass is 79.9. The number of aromatic nitrogens is 3. The molecule has 0 bridgehead atoms. The fourth-order valence-electron chi connectivity index (χ4n) is 1.60. The number of hydrogen-bond donors (Lipinski definition) is 1. The first-order valence-electron chi connectivity index (χ1n) is 6.12. The highest BCUT2D eigenvalue weighted by molar-refractivity contribution is 9.10. The lowest BCUT2D eigenvalue weighted by Crippen LogP contribution is -2.06. The minimum absolute atomic E-state index is 0.431. The van der Waals surface area contributed by atoms with Crippen LogP contribution in [0.3, 0.4) is 0 Å². The maximum atomic E-state index is 6.15. The third-order valence-corrected chi connectivity index (χ3v) is 4.02. The molecule has 2 aromatic heterocycles. The Labute approximate surface area is 136 Å². The zero-order chi connectivity index (χ0) is 14.7. The second kappa shape index (κ2) is 6.70. The van der Waals surface area contributed by atoms with Gasteiger partial charge in [-0.3, -0.25) is 0 Å². The second-order valence-electron chi connectivity index (χ2n) is 4.21. The van der Waals surface area contributed by atoms with E-state index in [-0.39, 0.29) is 0 Å². The normalized spacial score (nSPS) is 10.7. The van der Waals surface area contributed by atoms with Gasteiger partial charge in [-0.1, -0.05) is 30.1 Å². The summed E-state index contributed by atoms with van der Waals surface area (Å²) in [6, 6.07) is 1.63. The lowest BCUT2D eigenvalue weighted by molar-refractivity contribution is 0.957. The van der Waals surface area contributed by atoms with Gasteiger partial charge < -0.3 is 5.32 Å². The van der Waals surface area contributed by atoms with E-state index in [4.69, 9.17) is 23.2 Å². The maximum absolute atomic E-state index is 6.15. The predicted molar refractivity (Wildman–Crippen MR) is 86.5 cm³/mol. The molecule has 1 N–H and O–H groups in total. The minimum Gasteiger partial charge on any atom is -0.369 e. The summed E-state index contributed by atoms with van der Waals surface area (Å²) in [5.74, 6) is 1.22. The van der Waals surface area contributed by atoms with E-state index in [2.05, 4.69) is 43.1 Å². The van der Waals surface area contributed by atoms with Gasteiger partial charge in [0.2, 0.25) is 0 Å². The third kappa shape index (κ3) is 3.40. The molecule has 0 fully saturated rings. The van der Waals surface area contributed by atoms with E-state index in [1.165, 1.54) is 6.20 Å². The molecule has 0 aromatic carbocycles. The largest absolute Gasteiger partial charge is 0.369 e. The van der Waals surface area contributed by atoms with Crippen molar-refractivity contribution in [2.75, 3.05) is 11.9 Å². The molecule has 0 aliphatic carbocycles. The van der Waals surface area contributed by atoms with Crippen LogP contribution in [0.15, 0.2) is 16.7 Å². The van der Waals surface area contributed by atoms with Crippen molar-refractivity contribution < 1.29 is 0 Å². The van der Waals surface area contributed by atoms with Crippen molar-refractivity contribution in [1.29, 1.82) is 0 Å². The molecule has 4 nitrogen and oxygen atoms in total. The summed E-state index contributed by atoms with van der Waals surface area (Å²) in [4.78, 5) is 13.1. The quantitative estimate of drug-likeness (QED) is 0.838. The van der Waals surface area contributed by atoms with Gasteiger partial charge in [0.05, 0.1) is 20.2 Å². The van der Waals surface area contributed by atoms with E-state index in [9.17, 15) is 0 Å². The topological polar surface area (TPSA) is 50.7 Å². The second-order valence-corrected chi connectivity index (χ2v) is 5.84. The number of hydrogen-bond acceptors (Lipinski definition) is 4. The van der Waals surface area contributed by atoms with Gasteiger partial charge in [0.1, 0.15) is 11.5 Å². The van der Waals surface area contributed by atoms with E-state index in [1.54, 1.807) is 6.07 Å². The molecule has 2 aromatic rings. The van der Waals surface area contributed by atoms with Gasteiger partial charge in [-0.2, -0.15) is 0 Å². The van der Waals surface area contributed by atoms with Gasteiger partial charge in [0.25, 0.3) is 0 Å². The summed E-state index contributed by atoms with van der Waals surface area (Å²) in [7, 11) is 0. The average molecular weight is 376 g/mol. The zero-order valence-corrected chi connectivity index (χ0v) is 14.1. The van der Waals surface area contributed by atoms with E-state index < -0.39 is 0 Å². The number of aryl methyl sites for hydroxylation is 1. The van der Waals surface area contributed by atoms with Gasteiger partial charge in [-0.15, -0.1) is 0 Å². The Kier molecular flexibility index (Phi) is 5.18. The van der Waals surface area contributed by atoms with Crippen LogP contribution < -0.4 is 5.32 Å². The van der Waals surface area contributed by atoms with Gasteiger partial charge in [-0.05, 0) is 35.3 Å². The predicted octanol–water partition coefficient (Wildman–Crippen LogP) is 4.74. The van der Waals surface area contributed by atoms with Crippen molar-refractivity contribution >= 4 is 44.9 Å². The number of anilines is 1. The standard InChI is InChI=1S/C13H13BrCl2N4/c1-3-4-17-12-10(14)7(2)19-13(20-12)11-9(16)5-8(15)6-18-11/h5-6H,3-4H2,1-2H3,(H,17,19,20). The lowest BCUT2D eigenvalue weighted by atomic mass is 10.3. The number of halogens is 3. The molecule has 0 aliphatic heterocycles. The molecule has 0 saturated heterocycles. The Morgan fingerprint density at radius 3 is 2.70 bits per heavy atom. The molecule has 0 saturated carbocycles. The van der Waals surface area contributed by atoms with Gasteiger partial charge >= 0.3 is 0 Å². The first kappa shape index (κ1) is 15.5. The molecule has 2 heterocycles. The SMILES string of the molecule is CCCNc1nc(-c2ncc(Cl)cc2Cl)nc(C)c1Br. The molecule has 0 spiro atoms. The molecule has 7 heteroatoms. The molecule has 0 atom stereocenters. The van der Waals surface area contributed by atoms with Crippen LogP contribution in [0, 0.1) is 6.92 Å². The summed E-state index contributed by atoms with van der Waals surface area (Å²) in [6.07, 6.45) is 2.54. The zero-order valence-electron chi connectivity index (χ0n) is 11.0. The van der Waals surface area contributed by atoms with Crippen molar-refractivity contribution in [3.63, 3.8) is 0 Å². The maximum Gasteiger partial charge on any atom is 0.182 e. The Balaban J connectivity index is 2.48. The molecule has 2 rings (SSSR count). The minimum atomic E-state index is 0.431. The Morgan fingerprint density at radius 2 is 2.05 bits per heavy atom. The summed E-state index contributed by atoms with van der Waals surface area (Å²) in [6.45, 7) is 4.82. The number of nitrogens with one attached hydrogen (secondary N) is 1. The average Bonchev–Trinajstić information content (AvgIpc) is 2.40. The van der Waals surface area contributed by atoms with Crippen molar-refractivity contribution in [2.45, 2.75) is 20.3 Å². The van der Waals surface area contributed by atoms with Crippen LogP contribution in [0.2, 0.25) is 10.0 Å². The fourth-order valence-corrected chi connectivity index (χ4v) is 2.39. The lowest BCUT2D eigenvalue weighted by Gasteiger charge is -2.11. The first-order valence-corrected chi connectivity index (χ1v) is 7.67. The number of pyridine rings is 1. The van der Waals surface area contributed by atoms with E-state index in [0.717, 1.165) is 29.0 Å². The van der Waals surface area contributed by atoms with Crippen LogP contribution in [0.5, 0.6) is 0 Å². The number of rotatable bonds is 4. The van der Waals surface area contributed by atoms with Gasteiger partial charge in [0, 0.05) is 12.7 Å². The molecule has 0 aliphatic rings. The third-order valence-electron chi connectivity index (χ3n) is 2.58. The molecule has 106 valence electrons. The summed E-state index contributed by atoms with van der Waals surface area (Å²) >= 11 is 15.5. The van der Waals surface area contributed by atoms with Crippen molar-refractivity contribution in [3.05, 3.63) is 32.5 Å². The van der Waals surface area contributed by atoms with Crippen LogP contribution in [0.1, 0.15) is 19.0 Å². The van der Waals surface area contributed by atoms with Crippen molar-refractivity contribution in [1.82, 2.24) is 15.0 Å². The van der Waals surface area contributed by atoms with E-state index in [1.807, 2.05) is 6.92 Å². The molecule has 20 heavy (non-hydrogen) atoms. The monoisotopic (exact) mass is 374 g/mol. The fraction of sp³-hybridized carbons (Fsp3) is 0.308. The Hall–Kier alpha value is -0.910. The van der Waals surface area contributed by atoms with Crippen molar-refractivity contribution in [2.24, 2.45) is 0 Å².